The zero-order chi connectivity index (χ0) is 14.3. The first-order valence-corrected chi connectivity index (χ1v) is 6.09. The standard InChI is InChI=1S/C16H10O4/c17-7-12-10-5-1-3-9-4-2-6-11(14(9)10)15(16(19)20)13(12)8-18/h1-8,12H,(H,19,20). The molecule has 0 spiro atoms. The molecule has 0 bridgehead atoms. The van der Waals surface area contributed by atoms with Crippen molar-refractivity contribution in [2.45, 2.75) is 5.92 Å². The fraction of sp³-hybridized carbons (Fsp3) is 0.0625. The predicted molar refractivity (Wildman–Crippen MR) is 73.4 cm³/mol. The number of hydrogen-bond acceptors (Lipinski definition) is 3. The zero-order valence-electron chi connectivity index (χ0n) is 10.4. The molecule has 0 aromatic heterocycles. The van der Waals surface area contributed by atoms with Crippen LogP contribution in [0.15, 0.2) is 42.0 Å². The molecular formula is C16H10O4. The fourth-order valence-electron chi connectivity index (χ4n) is 2.83. The molecule has 0 saturated heterocycles. The molecule has 2 aromatic carbocycles. The quantitative estimate of drug-likeness (QED) is 0.864. The van der Waals surface area contributed by atoms with E-state index in [4.69, 9.17) is 0 Å². The van der Waals surface area contributed by atoms with E-state index in [0.717, 1.165) is 10.8 Å². The van der Waals surface area contributed by atoms with Crippen LogP contribution in [0.4, 0.5) is 0 Å². The highest BCUT2D eigenvalue weighted by atomic mass is 16.4. The van der Waals surface area contributed by atoms with Gasteiger partial charge >= 0.3 is 5.97 Å². The molecule has 1 aliphatic rings. The van der Waals surface area contributed by atoms with Crippen molar-refractivity contribution in [1.82, 2.24) is 0 Å². The number of carboxylic acid groups (broad SMARTS) is 1. The molecule has 0 saturated carbocycles. The van der Waals surface area contributed by atoms with Crippen LogP contribution in [0.1, 0.15) is 17.0 Å². The van der Waals surface area contributed by atoms with E-state index in [9.17, 15) is 19.5 Å². The molecule has 0 radical (unpaired) electrons. The van der Waals surface area contributed by atoms with E-state index in [-0.39, 0.29) is 11.1 Å². The van der Waals surface area contributed by atoms with Gasteiger partial charge in [0, 0.05) is 5.57 Å². The van der Waals surface area contributed by atoms with Gasteiger partial charge in [-0.15, -0.1) is 0 Å². The number of carbonyl (C=O) groups excluding carboxylic acids is 2. The largest absolute Gasteiger partial charge is 0.478 e. The smallest absolute Gasteiger partial charge is 0.336 e. The lowest BCUT2D eigenvalue weighted by Crippen LogP contribution is -2.17. The lowest BCUT2D eigenvalue weighted by Gasteiger charge is -2.23. The van der Waals surface area contributed by atoms with Crippen molar-refractivity contribution in [3.8, 4) is 0 Å². The molecule has 1 atom stereocenters. The van der Waals surface area contributed by atoms with Gasteiger partial charge in [-0.25, -0.2) is 4.79 Å². The molecule has 1 N–H and O–H groups in total. The second-order valence-corrected chi connectivity index (χ2v) is 4.62. The van der Waals surface area contributed by atoms with Crippen LogP contribution in [-0.4, -0.2) is 23.6 Å². The maximum absolute atomic E-state index is 11.5. The molecule has 98 valence electrons. The number of aldehydes is 2. The van der Waals surface area contributed by atoms with Gasteiger partial charge in [-0.1, -0.05) is 36.4 Å². The van der Waals surface area contributed by atoms with Crippen LogP contribution in [0.2, 0.25) is 0 Å². The summed E-state index contributed by atoms with van der Waals surface area (Å²) in [5.74, 6) is -2.02. The molecule has 0 aliphatic heterocycles. The SMILES string of the molecule is O=CC1=C(C(=O)O)c2cccc3cccc(c23)C1C=O. The Morgan fingerprint density at radius 2 is 1.80 bits per heavy atom. The third kappa shape index (κ3) is 1.51. The highest BCUT2D eigenvalue weighted by molar-refractivity contribution is 6.26. The molecule has 1 unspecified atom stereocenters. The highest BCUT2D eigenvalue weighted by Crippen LogP contribution is 2.41. The Hall–Kier alpha value is -2.75. The summed E-state index contributed by atoms with van der Waals surface area (Å²) in [7, 11) is 0. The Balaban J connectivity index is 2.52. The maximum atomic E-state index is 11.5. The minimum absolute atomic E-state index is 0.0127. The summed E-state index contributed by atoms with van der Waals surface area (Å²) in [5, 5.41) is 11.0. The molecule has 2 aromatic rings. The first kappa shape index (κ1) is 12.3. The molecule has 1 aliphatic carbocycles. The first-order valence-electron chi connectivity index (χ1n) is 6.09. The summed E-state index contributed by atoms with van der Waals surface area (Å²) in [6.45, 7) is 0. The van der Waals surface area contributed by atoms with Crippen molar-refractivity contribution in [1.29, 1.82) is 0 Å². The van der Waals surface area contributed by atoms with Crippen LogP contribution in [0.5, 0.6) is 0 Å². The normalized spacial score (nSPS) is 17.1. The Morgan fingerprint density at radius 1 is 1.10 bits per heavy atom. The van der Waals surface area contributed by atoms with Crippen molar-refractivity contribution in [3.05, 3.63) is 53.1 Å². The first-order chi connectivity index (χ1) is 9.69. The van der Waals surface area contributed by atoms with Gasteiger partial charge in [-0.05, 0) is 21.9 Å². The van der Waals surface area contributed by atoms with Crippen molar-refractivity contribution in [2.75, 3.05) is 0 Å². The van der Waals surface area contributed by atoms with Gasteiger partial charge in [0.1, 0.15) is 12.6 Å². The molecule has 20 heavy (non-hydrogen) atoms. The summed E-state index contributed by atoms with van der Waals surface area (Å²) in [4.78, 5) is 34.2. The van der Waals surface area contributed by atoms with Gasteiger partial charge in [0.05, 0.1) is 11.5 Å². The number of carboxylic acids is 1. The maximum Gasteiger partial charge on any atom is 0.336 e. The summed E-state index contributed by atoms with van der Waals surface area (Å²) in [5.41, 5.74) is 1.10. The van der Waals surface area contributed by atoms with E-state index in [0.29, 0.717) is 23.7 Å². The van der Waals surface area contributed by atoms with Gasteiger partial charge in [0.2, 0.25) is 0 Å². The monoisotopic (exact) mass is 266 g/mol. The summed E-state index contributed by atoms with van der Waals surface area (Å²) >= 11 is 0. The van der Waals surface area contributed by atoms with Crippen LogP contribution < -0.4 is 0 Å². The molecular weight excluding hydrogens is 256 g/mol. The number of aliphatic carboxylic acids is 1. The number of hydrogen-bond donors (Lipinski definition) is 1. The molecule has 3 rings (SSSR count). The summed E-state index contributed by atoms with van der Waals surface area (Å²) < 4.78 is 0. The lowest BCUT2D eigenvalue weighted by atomic mass is 9.78. The Morgan fingerprint density at radius 3 is 2.40 bits per heavy atom. The highest BCUT2D eigenvalue weighted by Gasteiger charge is 2.31. The van der Waals surface area contributed by atoms with Gasteiger partial charge in [-0.3, -0.25) is 4.79 Å². The van der Waals surface area contributed by atoms with Crippen LogP contribution >= 0.6 is 0 Å². The van der Waals surface area contributed by atoms with Crippen molar-refractivity contribution < 1.29 is 19.5 Å². The second kappa shape index (κ2) is 4.42. The van der Waals surface area contributed by atoms with E-state index >= 15 is 0 Å². The summed E-state index contributed by atoms with van der Waals surface area (Å²) in [6.07, 6.45) is 1.09. The van der Waals surface area contributed by atoms with Crippen molar-refractivity contribution >= 4 is 34.9 Å². The average Bonchev–Trinajstić information content (AvgIpc) is 2.46. The molecule has 4 nitrogen and oxygen atoms in total. The van der Waals surface area contributed by atoms with E-state index in [2.05, 4.69) is 0 Å². The van der Waals surface area contributed by atoms with Crippen molar-refractivity contribution in [3.63, 3.8) is 0 Å². The number of rotatable bonds is 3. The van der Waals surface area contributed by atoms with Gasteiger partial charge in [0.25, 0.3) is 0 Å². The van der Waals surface area contributed by atoms with Crippen LogP contribution in [-0.2, 0) is 14.4 Å². The van der Waals surface area contributed by atoms with Gasteiger partial charge in [0.15, 0.2) is 0 Å². The van der Waals surface area contributed by atoms with Crippen LogP contribution in [0, 0.1) is 0 Å². The zero-order valence-corrected chi connectivity index (χ0v) is 10.4. The molecule has 0 fully saturated rings. The Bertz CT molecular complexity index is 781. The number of carbonyl (C=O) groups is 3. The number of benzene rings is 2. The average molecular weight is 266 g/mol. The fourth-order valence-corrected chi connectivity index (χ4v) is 2.83. The Kier molecular flexibility index (Phi) is 2.71. The minimum atomic E-state index is -1.19. The lowest BCUT2D eigenvalue weighted by molar-refractivity contribution is -0.130. The molecule has 0 heterocycles. The van der Waals surface area contributed by atoms with Crippen molar-refractivity contribution in [2.24, 2.45) is 0 Å². The third-order valence-electron chi connectivity index (χ3n) is 3.64. The van der Waals surface area contributed by atoms with Gasteiger partial charge in [-0.2, -0.15) is 0 Å². The molecule has 4 heteroatoms. The predicted octanol–water partition coefficient (Wildman–Crippen LogP) is 2.17. The van der Waals surface area contributed by atoms with E-state index in [1.807, 2.05) is 12.1 Å². The van der Waals surface area contributed by atoms with E-state index < -0.39 is 11.9 Å². The molecule has 0 amide bonds. The van der Waals surface area contributed by atoms with Crippen LogP contribution in [0.25, 0.3) is 16.3 Å². The van der Waals surface area contributed by atoms with Gasteiger partial charge < -0.3 is 9.90 Å². The van der Waals surface area contributed by atoms with Crippen LogP contribution in [0.3, 0.4) is 0 Å². The second-order valence-electron chi connectivity index (χ2n) is 4.62. The number of allylic oxidation sites excluding steroid dienone is 1. The minimum Gasteiger partial charge on any atom is -0.478 e. The third-order valence-corrected chi connectivity index (χ3v) is 3.64. The topological polar surface area (TPSA) is 71.4 Å². The van der Waals surface area contributed by atoms with E-state index in [1.54, 1.807) is 24.3 Å². The Labute approximate surface area is 114 Å². The summed E-state index contributed by atoms with van der Waals surface area (Å²) in [6, 6.07) is 10.7. The van der Waals surface area contributed by atoms with E-state index in [1.165, 1.54) is 0 Å².